The van der Waals surface area contributed by atoms with Gasteiger partial charge in [-0.1, -0.05) is 41.5 Å². The van der Waals surface area contributed by atoms with Crippen LogP contribution in [0.2, 0.25) is 0 Å². The summed E-state index contributed by atoms with van der Waals surface area (Å²) in [6.07, 6.45) is 4.96. The molecule has 0 aromatic heterocycles. The van der Waals surface area contributed by atoms with E-state index in [0.717, 1.165) is 38.5 Å². The molecule has 0 rings (SSSR count). The van der Waals surface area contributed by atoms with E-state index in [1.54, 1.807) is 0 Å². The van der Waals surface area contributed by atoms with Gasteiger partial charge < -0.3 is 0 Å². The SMILES string of the molecule is CCC(CC)(CC)C(=O)C(C)C(=O)C(CC)(CC)CC. The summed E-state index contributed by atoms with van der Waals surface area (Å²) >= 11 is 0. The molecule has 0 radical (unpaired) electrons. The largest absolute Gasteiger partial charge is 0.298 e. The van der Waals surface area contributed by atoms with Crippen LogP contribution in [0.25, 0.3) is 0 Å². The Bertz CT molecular complexity index is 274. The van der Waals surface area contributed by atoms with E-state index < -0.39 is 5.92 Å². The molecule has 118 valence electrons. The number of carbonyl (C=O) groups is 2. The summed E-state index contributed by atoms with van der Waals surface area (Å²) in [5, 5.41) is 0. The van der Waals surface area contributed by atoms with Crippen molar-refractivity contribution in [3.63, 3.8) is 0 Å². The highest BCUT2D eigenvalue weighted by Crippen LogP contribution is 2.39. The van der Waals surface area contributed by atoms with Crippen molar-refractivity contribution >= 4 is 11.6 Å². The van der Waals surface area contributed by atoms with Crippen molar-refractivity contribution in [1.82, 2.24) is 0 Å². The summed E-state index contributed by atoms with van der Waals surface area (Å²) in [5.41, 5.74) is -0.619. The first-order chi connectivity index (χ1) is 9.34. The highest BCUT2D eigenvalue weighted by molar-refractivity contribution is 6.06. The zero-order valence-corrected chi connectivity index (χ0v) is 14.6. The molecule has 0 aliphatic carbocycles. The molecular formula is C18H34O2. The van der Waals surface area contributed by atoms with Crippen LogP contribution in [0.1, 0.15) is 87.0 Å². The van der Waals surface area contributed by atoms with Gasteiger partial charge >= 0.3 is 0 Å². The molecule has 0 saturated heterocycles. The lowest BCUT2D eigenvalue weighted by Crippen LogP contribution is -2.43. The van der Waals surface area contributed by atoms with Crippen LogP contribution >= 0.6 is 0 Å². The van der Waals surface area contributed by atoms with Gasteiger partial charge in [-0.3, -0.25) is 9.59 Å². The summed E-state index contributed by atoms with van der Waals surface area (Å²) in [6.45, 7) is 14.2. The highest BCUT2D eigenvalue weighted by Gasteiger charge is 2.43. The summed E-state index contributed by atoms with van der Waals surface area (Å²) in [6, 6.07) is 0. The van der Waals surface area contributed by atoms with Crippen LogP contribution in [-0.4, -0.2) is 11.6 Å². The van der Waals surface area contributed by atoms with E-state index in [-0.39, 0.29) is 22.4 Å². The number of hydrogen-bond donors (Lipinski definition) is 0. The third-order valence-electron chi connectivity index (χ3n) is 5.89. The Hall–Kier alpha value is -0.660. The third kappa shape index (κ3) is 3.32. The zero-order chi connectivity index (χ0) is 16.0. The smallest absolute Gasteiger partial charge is 0.149 e. The average Bonchev–Trinajstić information content (AvgIpc) is 2.50. The summed E-state index contributed by atoms with van der Waals surface area (Å²) in [7, 11) is 0. The van der Waals surface area contributed by atoms with Gasteiger partial charge in [0.25, 0.3) is 0 Å². The minimum absolute atomic E-state index is 0.162. The Labute approximate surface area is 125 Å². The molecule has 0 aliphatic rings. The lowest BCUT2D eigenvalue weighted by molar-refractivity contribution is -0.144. The highest BCUT2D eigenvalue weighted by atomic mass is 16.2. The summed E-state index contributed by atoms with van der Waals surface area (Å²) < 4.78 is 0. The maximum atomic E-state index is 12.9. The minimum atomic E-state index is -0.463. The van der Waals surface area contributed by atoms with E-state index >= 15 is 0 Å². The average molecular weight is 282 g/mol. The number of hydrogen-bond acceptors (Lipinski definition) is 2. The Morgan fingerprint density at radius 3 is 1.00 bits per heavy atom. The van der Waals surface area contributed by atoms with Gasteiger partial charge in [0, 0.05) is 10.8 Å². The molecule has 0 saturated carbocycles. The van der Waals surface area contributed by atoms with Gasteiger partial charge in [0.05, 0.1) is 5.92 Å². The van der Waals surface area contributed by atoms with Crippen LogP contribution in [0.5, 0.6) is 0 Å². The van der Waals surface area contributed by atoms with Gasteiger partial charge in [-0.15, -0.1) is 0 Å². The Kier molecular flexibility index (Phi) is 7.69. The predicted molar refractivity (Wildman–Crippen MR) is 85.8 cm³/mol. The maximum Gasteiger partial charge on any atom is 0.149 e. The molecule has 0 spiro atoms. The molecule has 0 unspecified atom stereocenters. The number of rotatable bonds is 10. The standard InChI is InChI=1S/C18H34O2/c1-8-17(9-2,10-3)15(19)14(7)16(20)18(11-4,12-5)13-6/h14H,8-13H2,1-7H3. The second kappa shape index (κ2) is 7.95. The molecule has 0 fully saturated rings. The topological polar surface area (TPSA) is 34.1 Å². The molecule has 0 bridgehead atoms. The fourth-order valence-electron chi connectivity index (χ4n) is 3.58. The van der Waals surface area contributed by atoms with Crippen molar-refractivity contribution < 1.29 is 9.59 Å². The molecule has 0 N–H and O–H groups in total. The third-order valence-corrected chi connectivity index (χ3v) is 5.89. The molecule has 2 heteroatoms. The normalized spacial score (nSPS) is 12.8. The number of ketones is 2. The van der Waals surface area contributed by atoms with Crippen LogP contribution in [0.3, 0.4) is 0 Å². The lowest BCUT2D eigenvalue weighted by Gasteiger charge is -2.36. The molecule has 0 heterocycles. The predicted octanol–water partition coefficient (Wildman–Crippen LogP) is 5.19. The fraction of sp³-hybridized carbons (Fsp3) is 0.889. The molecule has 0 aliphatic heterocycles. The van der Waals surface area contributed by atoms with Crippen LogP contribution in [0.15, 0.2) is 0 Å². The monoisotopic (exact) mass is 282 g/mol. The Balaban J connectivity index is 5.39. The van der Waals surface area contributed by atoms with E-state index in [2.05, 4.69) is 41.5 Å². The lowest BCUT2D eigenvalue weighted by atomic mass is 9.66. The first-order valence-electron chi connectivity index (χ1n) is 8.43. The Morgan fingerprint density at radius 2 is 0.850 bits per heavy atom. The molecule has 0 aromatic carbocycles. The molecule has 0 atom stereocenters. The van der Waals surface area contributed by atoms with Crippen molar-refractivity contribution in [3.8, 4) is 0 Å². The first-order valence-corrected chi connectivity index (χ1v) is 8.43. The molecule has 0 amide bonds. The van der Waals surface area contributed by atoms with Gasteiger partial charge in [0.15, 0.2) is 0 Å². The number of carbonyl (C=O) groups excluding carboxylic acids is 2. The van der Waals surface area contributed by atoms with Crippen LogP contribution < -0.4 is 0 Å². The van der Waals surface area contributed by atoms with Crippen LogP contribution in [0, 0.1) is 16.7 Å². The van der Waals surface area contributed by atoms with E-state index in [4.69, 9.17) is 0 Å². The second-order valence-corrected chi connectivity index (χ2v) is 6.13. The van der Waals surface area contributed by atoms with Gasteiger partial charge in [-0.05, 0) is 45.4 Å². The minimum Gasteiger partial charge on any atom is -0.298 e. The van der Waals surface area contributed by atoms with Crippen LogP contribution in [0.4, 0.5) is 0 Å². The summed E-state index contributed by atoms with van der Waals surface area (Å²) in [4.78, 5) is 25.7. The van der Waals surface area contributed by atoms with Gasteiger partial charge in [0.1, 0.15) is 11.6 Å². The van der Waals surface area contributed by atoms with E-state index in [1.165, 1.54) is 0 Å². The van der Waals surface area contributed by atoms with Crippen molar-refractivity contribution in [2.75, 3.05) is 0 Å². The van der Waals surface area contributed by atoms with Gasteiger partial charge in [-0.2, -0.15) is 0 Å². The van der Waals surface area contributed by atoms with Gasteiger partial charge in [0.2, 0.25) is 0 Å². The van der Waals surface area contributed by atoms with Crippen molar-refractivity contribution in [1.29, 1.82) is 0 Å². The van der Waals surface area contributed by atoms with E-state index in [9.17, 15) is 9.59 Å². The van der Waals surface area contributed by atoms with E-state index in [1.807, 2.05) is 6.92 Å². The van der Waals surface area contributed by atoms with Gasteiger partial charge in [-0.25, -0.2) is 0 Å². The number of Topliss-reactive ketones (excluding diaryl/α,β-unsaturated/α-hetero) is 2. The maximum absolute atomic E-state index is 12.9. The van der Waals surface area contributed by atoms with E-state index in [0.29, 0.717) is 0 Å². The second-order valence-electron chi connectivity index (χ2n) is 6.13. The summed E-state index contributed by atoms with van der Waals surface area (Å²) in [5.74, 6) is -0.140. The van der Waals surface area contributed by atoms with Crippen molar-refractivity contribution in [2.24, 2.45) is 16.7 Å². The molecular weight excluding hydrogens is 248 g/mol. The van der Waals surface area contributed by atoms with Crippen molar-refractivity contribution in [3.05, 3.63) is 0 Å². The Morgan fingerprint density at radius 1 is 0.650 bits per heavy atom. The molecule has 20 heavy (non-hydrogen) atoms. The first kappa shape index (κ1) is 19.3. The van der Waals surface area contributed by atoms with Crippen molar-refractivity contribution in [2.45, 2.75) is 87.0 Å². The van der Waals surface area contributed by atoms with Crippen LogP contribution in [-0.2, 0) is 9.59 Å². The quantitative estimate of drug-likeness (QED) is 0.516. The fourth-order valence-corrected chi connectivity index (χ4v) is 3.58. The molecule has 0 aromatic rings. The molecule has 2 nitrogen and oxygen atoms in total. The zero-order valence-electron chi connectivity index (χ0n) is 14.6.